The van der Waals surface area contributed by atoms with Gasteiger partial charge in [-0.2, -0.15) is 0 Å². The fraction of sp³-hybridized carbons (Fsp3) is 0.250. The lowest BCUT2D eigenvalue weighted by molar-refractivity contribution is -0.192. The van der Waals surface area contributed by atoms with Gasteiger partial charge in [0.1, 0.15) is 6.61 Å². The summed E-state index contributed by atoms with van der Waals surface area (Å²) in [5.74, 6) is -1.13. The van der Waals surface area contributed by atoms with Crippen LogP contribution in [0.15, 0.2) is 11.6 Å². The number of hydrogen-bond donors (Lipinski definition) is 2. The van der Waals surface area contributed by atoms with Crippen molar-refractivity contribution in [3.8, 4) is 0 Å². The molecule has 5 nitrogen and oxygen atoms in total. The van der Waals surface area contributed by atoms with Crippen molar-refractivity contribution in [3.05, 3.63) is 11.6 Å². The summed E-state index contributed by atoms with van der Waals surface area (Å²) in [7, 11) is -5.21. The number of ketones is 1. The van der Waals surface area contributed by atoms with Crippen molar-refractivity contribution >= 4 is 13.4 Å². The third kappa shape index (κ3) is 4.00. The second kappa shape index (κ2) is 3.73. The Labute approximate surface area is 61.3 Å². The fourth-order valence-corrected chi connectivity index (χ4v) is 0.567. The Morgan fingerprint density at radius 3 is 2.45 bits per heavy atom. The smallest absolute Gasteiger partial charge is 0.191 e. The second-order valence-electron chi connectivity index (χ2n) is 1.61. The summed E-state index contributed by atoms with van der Waals surface area (Å²) >= 11 is 0. The number of rotatable bonds is 3. The van der Waals surface area contributed by atoms with E-state index in [9.17, 15) is 18.6 Å². The van der Waals surface area contributed by atoms with E-state index in [1.807, 2.05) is 0 Å². The molecule has 0 bridgehead atoms. The topological polar surface area (TPSA) is 97.7 Å². The highest BCUT2D eigenvalue weighted by Crippen LogP contribution is 2.40. The van der Waals surface area contributed by atoms with E-state index in [1.54, 1.807) is 0 Å². The van der Waals surface area contributed by atoms with Gasteiger partial charge in [0, 0.05) is 6.08 Å². The summed E-state index contributed by atoms with van der Waals surface area (Å²) in [6.07, 6.45) is 0.00772. The van der Waals surface area contributed by atoms with Crippen LogP contribution < -0.4 is 4.89 Å². The maximum atomic E-state index is 12.1. The van der Waals surface area contributed by atoms with Gasteiger partial charge < -0.3 is 19.5 Å². The van der Waals surface area contributed by atoms with Gasteiger partial charge in [-0.15, -0.1) is 0 Å². The Morgan fingerprint density at radius 1 is 1.73 bits per heavy atom. The SMILES string of the molecule is O=C(/C=C(\F)P(=O)([O-])O)CO. The predicted octanol–water partition coefficient (Wildman–Crippen LogP) is -1.10. The summed E-state index contributed by atoms with van der Waals surface area (Å²) in [4.78, 5) is 28.0. The molecule has 64 valence electrons. The van der Waals surface area contributed by atoms with E-state index in [0.29, 0.717) is 0 Å². The van der Waals surface area contributed by atoms with Gasteiger partial charge in [-0.05, 0) is 0 Å². The normalized spacial score (nSPS) is 17.6. The maximum Gasteiger partial charge on any atom is 0.191 e. The average Bonchev–Trinajstić information content (AvgIpc) is 1.85. The van der Waals surface area contributed by atoms with Crippen molar-refractivity contribution in [1.29, 1.82) is 0 Å². The van der Waals surface area contributed by atoms with Gasteiger partial charge in [-0.3, -0.25) is 4.79 Å². The van der Waals surface area contributed by atoms with Crippen molar-refractivity contribution in [2.75, 3.05) is 6.61 Å². The minimum atomic E-state index is -5.21. The molecule has 0 heterocycles. The first-order chi connectivity index (χ1) is 4.88. The maximum absolute atomic E-state index is 12.1. The van der Waals surface area contributed by atoms with Crippen LogP contribution in [0.3, 0.4) is 0 Å². The standard InChI is InChI=1S/C4H6FO5P/c5-4(11(8,9)10)1-3(7)2-6/h1,6H,2H2,(H2,8,9,10)/p-1/b4-1+. The Bertz CT molecular complexity index is 229. The highest BCUT2D eigenvalue weighted by Gasteiger charge is 2.11. The van der Waals surface area contributed by atoms with E-state index in [0.717, 1.165) is 0 Å². The molecule has 1 atom stereocenters. The molecule has 0 fully saturated rings. The number of carbonyl (C=O) groups is 1. The summed E-state index contributed by atoms with van der Waals surface area (Å²) in [6, 6.07) is 0. The predicted molar refractivity (Wildman–Crippen MR) is 31.1 cm³/mol. The highest BCUT2D eigenvalue weighted by molar-refractivity contribution is 7.54. The molecule has 7 heteroatoms. The quantitative estimate of drug-likeness (QED) is 0.427. The van der Waals surface area contributed by atoms with Crippen molar-refractivity contribution in [2.24, 2.45) is 0 Å². The zero-order valence-corrected chi connectivity index (χ0v) is 6.12. The number of halogens is 1. The van der Waals surface area contributed by atoms with E-state index >= 15 is 0 Å². The molecule has 0 saturated heterocycles. The Hall–Kier alpha value is -0.550. The van der Waals surface area contributed by atoms with Gasteiger partial charge in [0.15, 0.2) is 18.9 Å². The van der Waals surface area contributed by atoms with Crippen LogP contribution in [0.4, 0.5) is 4.39 Å². The minimum Gasteiger partial charge on any atom is -0.773 e. The first-order valence-electron chi connectivity index (χ1n) is 2.43. The first-order valence-corrected chi connectivity index (χ1v) is 4.01. The molecule has 0 aromatic rings. The van der Waals surface area contributed by atoms with Crippen LogP contribution in [-0.2, 0) is 9.36 Å². The van der Waals surface area contributed by atoms with Crippen LogP contribution in [0, 0.1) is 0 Å². The third-order valence-corrected chi connectivity index (χ3v) is 1.37. The van der Waals surface area contributed by atoms with E-state index < -0.39 is 25.6 Å². The van der Waals surface area contributed by atoms with Gasteiger partial charge in [0.2, 0.25) is 0 Å². The van der Waals surface area contributed by atoms with E-state index in [-0.39, 0.29) is 6.08 Å². The molecule has 0 aliphatic carbocycles. The van der Waals surface area contributed by atoms with Crippen LogP contribution in [0.1, 0.15) is 0 Å². The molecule has 0 aromatic carbocycles. The lowest BCUT2D eigenvalue weighted by atomic mass is 10.4. The molecule has 11 heavy (non-hydrogen) atoms. The van der Waals surface area contributed by atoms with Gasteiger partial charge in [-0.25, -0.2) is 4.39 Å². The Kier molecular flexibility index (Phi) is 3.54. The first kappa shape index (κ1) is 10.4. The van der Waals surface area contributed by atoms with Gasteiger partial charge in [0.05, 0.1) is 0 Å². The summed E-state index contributed by atoms with van der Waals surface area (Å²) in [5.41, 5.74) is -1.95. The summed E-state index contributed by atoms with van der Waals surface area (Å²) in [6.45, 7) is -1.01. The van der Waals surface area contributed by atoms with Crippen molar-refractivity contribution < 1.29 is 28.6 Å². The van der Waals surface area contributed by atoms with Crippen LogP contribution in [-0.4, -0.2) is 22.4 Å². The lowest BCUT2D eigenvalue weighted by Gasteiger charge is -2.11. The third-order valence-electron chi connectivity index (χ3n) is 0.706. The molecule has 0 amide bonds. The van der Waals surface area contributed by atoms with Crippen LogP contribution >= 0.6 is 7.60 Å². The molecule has 0 rings (SSSR count). The number of carbonyl (C=O) groups excluding carboxylic acids is 1. The van der Waals surface area contributed by atoms with Gasteiger partial charge in [0.25, 0.3) is 0 Å². The van der Waals surface area contributed by atoms with E-state index in [2.05, 4.69) is 0 Å². The van der Waals surface area contributed by atoms with E-state index in [1.165, 1.54) is 0 Å². The highest BCUT2D eigenvalue weighted by atomic mass is 31.2. The Balaban J connectivity index is 4.48. The van der Waals surface area contributed by atoms with Crippen molar-refractivity contribution in [1.82, 2.24) is 0 Å². The minimum absolute atomic E-state index is 0.00772. The Morgan fingerprint density at radius 2 is 2.18 bits per heavy atom. The monoisotopic (exact) mass is 183 g/mol. The molecule has 0 saturated carbocycles. The summed E-state index contributed by atoms with van der Waals surface area (Å²) < 4.78 is 21.9. The number of aliphatic hydroxyl groups is 1. The van der Waals surface area contributed by atoms with Crippen LogP contribution in [0.2, 0.25) is 0 Å². The molecule has 2 N–H and O–H groups in total. The molecular formula is C4H5FO5P-. The molecular weight excluding hydrogens is 178 g/mol. The molecule has 0 aliphatic heterocycles. The lowest BCUT2D eigenvalue weighted by Crippen LogP contribution is -2.04. The molecule has 1 unspecified atom stereocenters. The van der Waals surface area contributed by atoms with E-state index in [4.69, 9.17) is 10.00 Å². The van der Waals surface area contributed by atoms with Gasteiger partial charge in [-0.1, -0.05) is 0 Å². The zero-order chi connectivity index (χ0) is 9.07. The number of hydrogen-bond acceptors (Lipinski definition) is 4. The van der Waals surface area contributed by atoms with Crippen LogP contribution in [0.25, 0.3) is 0 Å². The zero-order valence-electron chi connectivity index (χ0n) is 5.23. The second-order valence-corrected chi connectivity index (χ2v) is 3.08. The molecule has 0 aromatic heterocycles. The molecule has 0 spiro atoms. The fourth-order valence-electron chi connectivity index (χ4n) is 0.260. The molecule has 0 aliphatic rings. The summed E-state index contributed by atoms with van der Waals surface area (Å²) in [5, 5.41) is 8.02. The van der Waals surface area contributed by atoms with Crippen LogP contribution in [0.5, 0.6) is 0 Å². The largest absolute Gasteiger partial charge is 0.773 e. The van der Waals surface area contributed by atoms with Crippen molar-refractivity contribution in [3.63, 3.8) is 0 Å². The average molecular weight is 183 g/mol. The number of aliphatic hydroxyl groups excluding tert-OH is 1. The van der Waals surface area contributed by atoms with Gasteiger partial charge >= 0.3 is 0 Å². The van der Waals surface area contributed by atoms with Crippen molar-refractivity contribution in [2.45, 2.75) is 0 Å². The molecule has 0 radical (unpaired) electrons.